The molecule has 0 bridgehead atoms. The lowest BCUT2D eigenvalue weighted by atomic mass is 10.2. The van der Waals surface area contributed by atoms with E-state index >= 15 is 0 Å². The molecule has 1 amide bonds. The van der Waals surface area contributed by atoms with Crippen molar-refractivity contribution in [2.45, 2.75) is 31.7 Å². The SMILES string of the molecule is O=C(CNCCOCCO)NC1CCCC1. The Kier molecular flexibility index (Phi) is 7.12. The Bertz CT molecular complexity index is 194. The molecule has 5 nitrogen and oxygen atoms in total. The van der Waals surface area contributed by atoms with E-state index in [4.69, 9.17) is 9.84 Å². The Morgan fingerprint density at radius 1 is 1.31 bits per heavy atom. The third kappa shape index (κ3) is 6.05. The van der Waals surface area contributed by atoms with Crippen LogP contribution in [0.1, 0.15) is 25.7 Å². The van der Waals surface area contributed by atoms with Gasteiger partial charge < -0.3 is 20.5 Å². The molecule has 0 aliphatic heterocycles. The summed E-state index contributed by atoms with van der Waals surface area (Å²) in [7, 11) is 0. The first-order chi connectivity index (χ1) is 7.83. The lowest BCUT2D eigenvalue weighted by Gasteiger charge is -2.12. The molecule has 94 valence electrons. The minimum Gasteiger partial charge on any atom is -0.394 e. The summed E-state index contributed by atoms with van der Waals surface area (Å²) in [5, 5.41) is 14.5. The largest absolute Gasteiger partial charge is 0.394 e. The number of hydrogen-bond donors (Lipinski definition) is 3. The van der Waals surface area contributed by atoms with Crippen molar-refractivity contribution in [3.63, 3.8) is 0 Å². The van der Waals surface area contributed by atoms with Crippen molar-refractivity contribution in [2.24, 2.45) is 0 Å². The van der Waals surface area contributed by atoms with Crippen LogP contribution in [0.3, 0.4) is 0 Å². The zero-order valence-corrected chi connectivity index (χ0v) is 9.71. The fourth-order valence-electron chi connectivity index (χ4n) is 1.86. The molecular weight excluding hydrogens is 208 g/mol. The highest BCUT2D eigenvalue weighted by molar-refractivity contribution is 5.78. The van der Waals surface area contributed by atoms with Crippen LogP contribution in [0.15, 0.2) is 0 Å². The van der Waals surface area contributed by atoms with Gasteiger partial charge in [0.15, 0.2) is 0 Å². The predicted molar refractivity (Wildman–Crippen MR) is 61.2 cm³/mol. The maximum absolute atomic E-state index is 11.4. The highest BCUT2D eigenvalue weighted by Crippen LogP contribution is 2.17. The van der Waals surface area contributed by atoms with Gasteiger partial charge in [0, 0.05) is 12.6 Å². The monoisotopic (exact) mass is 230 g/mol. The fourth-order valence-corrected chi connectivity index (χ4v) is 1.86. The van der Waals surface area contributed by atoms with Gasteiger partial charge in [0.05, 0.1) is 26.4 Å². The first-order valence-electron chi connectivity index (χ1n) is 6.01. The molecule has 3 N–H and O–H groups in total. The fraction of sp³-hybridized carbons (Fsp3) is 0.909. The maximum atomic E-state index is 11.4. The number of ether oxygens (including phenoxy) is 1. The van der Waals surface area contributed by atoms with Crippen LogP contribution >= 0.6 is 0 Å². The van der Waals surface area contributed by atoms with Crippen LogP contribution in [-0.4, -0.2) is 50.0 Å². The predicted octanol–water partition coefficient (Wildman–Crippen LogP) is -0.356. The normalized spacial score (nSPS) is 16.6. The van der Waals surface area contributed by atoms with E-state index in [-0.39, 0.29) is 12.5 Å². The van der Waals surface area contributed by atoms with Gasteiger partial charge in [-0.3, -0.25) is 4.79 Å². The minimum atomic E-state index is 0.0438. The molecule has 5 heteroatoms. The average molecular weight is 230 g/mol. The van der Waals surface area contributed by atoms with Gasteiger partial charge in [0.2, 0.25) is 5.91 Å². The number of aliphatic hydroxyl groups excluding tert-OH is 1. The van der Waals surface area contributed by atoms with Gasteiger partial charge in [-0.15, -0.1) is 0 Å². The van der Waals surface area contributed by atoms with Gasteiger partial charge in [-0.1, -0.05) is 12.8 Å². The van der Waals surface area contributed by atoms with Crippen LogP contribution in [0.5, 0.6) is 0 Å². The van der Waals surface area contributed by atoms with Crippen LogP contribution < -0.4 is 10.6 Å². The maximum Gasteiger partial charge on any atom is 0.234 e. The molecule has 0 heterocycles. The number of hydrogen-bond acceptors (Lipinski definition) is 4. The van der Waals surface area contributed by atoms with Gasteiger partial charge in [-0.25, -0.2) is 0 Å². The van der Waals surface area contributed by atoms with Gasteiger partial charge in [0.1, 0.15) is 0 Å². The highest BCUT2D eigenvalue weighted by Gasteiger charge is 2.16. The second-order valence-corrected chi connectivity index (χ2v) is 4.06. The molecule has 1 saturated carbocycles. The second-order valence-electron chi connectivity index (χ2n) is 4.06. The molecule has 0 aromatic heterocycles. The number of carbonyl (C=O) groups excluding carboxylic acids is 1. The van der Waals surface area contributed by atoms with Crippen molar-refractivity contribution >= 4 is 5.91 Å². The molecule has 16 heavy (non-hydrogen) atoms. The molecule has 0 spiro atoms. The summed E-state index contributed by atoms with van der Waals surface area (Å²) in [4.78, 5) is 11.4. The van der Waals surface area contributed by atoms with Crippen LogP contribution in [0.4, 0.5) is 0 Å². The molecule has 1 rings (SSSR count). The zero-order valence-electron chi connectivity index (χ0n) is 9.71. The standard InChI is InChI=1S/C11H22N2O3/c14-6-8-16-7-5-12-9-11(15)13-10-3-1-2-4-10/h10,12,14H,1-9H2,(H,13,15). The first kappa shape index (κ1) is 13.4. The second kappa shape index (κ2) is 8.50. The molecule has 0 saturated heterocycles. The van der Waals surface area contributed by atoms with E-state index in [1.165, 1.54) is 12.8 Å². The van der Waals surface area contributed by atoms with E-state index in [1.54, 1.807) is 0 Å². The van der Waals surface area contributed by atoms with Crippen molar-refractivity contribution < 1.29 is 14.6 Å². The Balaban J connectivity index is 1.89. The van der Waals surface area contributed by atoms with Crippen LogP contribution in [0.2, 0.25) is 0 Å². The van der Waals surface area contributed by atoms with E-state index in [9.17, 15) is 4.79 Å². The summed E-state index contributed by atoms with van der Waals surface area (Å²) in [5.41, 5.74) is 0. The van der Waals surface area contributed by atoms with Crippen molar-refractivity contribution in [2.75, 3.05) is 32.9 Å². The molecule has 0 atom stereocenters. The van der Waals surface area contributed by atoms with Crippen LogP contribution in [0, 0.1) is 0 Å². The first-order valence-corrected chi connectivity index (χ1v) is 6.01. The molecule has 0 unspecified atom stereocenters. The Hall–Kier alpha value is -0.650. The van der Waals surface area contributed by atoms with Gasteiger partial charge in [-0.2, -0.15) is 0 Å². The molecule has 0 aromatic rings. The summed E-state index contributed by atoms with van der Waals surface area (Å²) in [6.07, 6.45) is 4.69. The van der Waals surface area contributed by atoms with Gasteiger partial charge in [-0.05, 0) is 12.8 Å². The average Bonchev–Trinajstić information content (AvgIpc) is 2.76. The quantitative estimate of drug-likeness (QED) is 0.498. The van der Waals surface area contributed by atoms with Crippen LogP contribution in [-0.2, 0) is 9.53 Å². The van der Waals surface area contributed by atoms with Gasteiger partial charge >= 0.3 is 0 Å². The summed E-state index contributed by atoms with van der Waals surface area (Å²) in [5.74, 6) is 0.0639. The smallest absolute Gasteiger partial charge is 0.234 e. The Morgan fingerprint density at radius 2 is 2.06 bits per heavy atom. The summed E-state index contributed by atoms with van der Waals surface area (Å²) in [6.45, 7) is 1.91. The molecule has 0 radical (unpaired) electrons. The van der Waals surface area contributed by atoms with Crippen molar-refractivity contribution in [1.29, 1.82) is 0 Å². The van der Waals surface area contributed by atoms with Crippen molar-refractivity contribution in [3.8, 4) is 0 Å². The number of carbonyl (C=O) groups is 1. The Morgan fingerprint density at radius 3 is 2.75 bits per heavy atom. The van der Waals surface area contributed by atoms with E-state index in [0.29, 0.717) is 32.3 Å². The summed E-state index contributed by atoms with van der Waals surface area (Å²) < 4.78 is 5.05. The topological polar surface area (TPSA) is 70.6 Å². The summed E-state index contributed by atoms with van der Waals surface area (Å²) in [6, 6.07) is 0.389. The third-order valence-corrected chi connectivity index (χ3v) is 2.66. The van der Waals surface area contributed by atoms with Crippen LogP contribution in [0.25, 0.3) is 0 Å². The van der Waals surface area contributed by atoms with E-state index in [0.717, 1.165) is 12.8 Å². The van der Waals surface area contributed by atoms with Crippen molar-refractivity contribution in [1.82, 2.24) is 10.6 Å². The summed E-state index contributed by atoms with van der Waals surface area (Å²) >= 11 is 0. The van der Waals surface area contributed by atoms with E-state index in [1.807, 2.05) is 0 Å². The molecular formula is C11H22N2O3. The van der Waals surface area contributed by atoms with Crippen molar-refractivity contribution in [3.05, 3.63) is 0 Å². The highest BCUT2D eigenvalue weighted by atomic mass is 16.5. The lowest BCUT2D eigenvalue weighted by molar-refractivity contribution is -0.120. The molecule has 1 fully saturated rings. The zero-order chi connectivity index (χ0) is 11.6. The number of rotatable bonds is 8. The molecule has 0 aromatic carbocycles. The Labute approximate surface area is 96.6 Å². The number of aliphatic hydroxyl groups is 1. The number of nitrogens with one attached hydrogen (secondary N) is 2. The lowest BCUT2D eigenvalue weighted by Crippen LogP contribution is -2.39. The molecule has 1 aliphatic carbocycles. The third-order valence-electron chi connectivity index (χ3n) is 2.66. The van der Waals surface area contributed by atoms with E-state index < -0.39 is 0 Å². The number of amides is 1. The van der Waals surface area contributed by atoms with E-state index in [2.05, 4.69) is 10.6 Å². The molecule has 1 aliphatic rings. The minimum absolute atomic E-state index is 0.0438. The van der Waals surface area contributed by atoms with Gasteiger partial charge in [0.25, 0.3) is 0 Å².